The molecular formula is C15H21NO3. The highest BCUT2D eigenvalue weighted by Gasteiger charge is 2.24. The van der Waals surface area contributed by atoms with Crippen molar-refractivity contribution in [3.63, 3.8) is 0 Å². The SMILES string of the molecule is CCCC(=O)N1CCC(c2ccc(O)cc2O)CC1. The first kappa shape index (κ1) is 13.7. The summed E-state index contributed by atoms with van der Waals surface area (Å²) < 4.78 is 0. The lowest BCUT2D eigenvalue weighted by atomic mass is 9.88. The standard InChI is InChI=1S/C15H21NO3/c1-2-3-15(19)16-8-6-11(7-9-16)13-5-4-12(17)10-14(13)18/h4-5,10-11,17-18H,2-3,6-9H2,1H3. The molecule has 0 aliphatic carbocycles. The Bertz CT molecular complexity index is 451. The molecule has 4 nitrogen and oxygen atoms in total. The molecule has 0 unspecified atom stereocenters. The van der Waals surface area contributed by atoms with Gasteiger partial charge in [-0.1, -0.05) is 13.0 Å². The number of likely N-dealkylation sites (tertiary alicyclic amines) is 1. The van der Waals surface area contributed by atoms with E-state index in [0.29, 0.717) is 6.42 Å². The van der Waals surface area contributed by atoms with Crippen LogP contribution in [0.15, 0.2) is 18.2 Å². The molecule has 1 aromatic rings. The van der Waals surface area contributed by atoms with Gasteiger partial charge in [-0.05, 0) is 36.8 Å². The largest absolute Gasteiger partial charge is 0.508 e. The Morgan fingerprint density at radius 3 is 2.58 bits per heavy atom. The highest BCUT2D eigenvalue weighted by atomic mass is 16.3. The molecule has 1 fully saturated rings. The molecule has 0 saturated carbocycles. The number of carbonyl (C=O) groups excluding carboxylic acids is 1. The third-order valence-electron chi connectivity index (χ3n) is 3.77. The van der Waals surface area contributed by atoms with Gasteiger partial charge in [0.1, 0.15) is 11.5 Å². The number of benzene rings is 1. The van der Waals surface area contributed by atoms with Gasteiger partial charge in [0.05, 0.1) is 0 Å². The second-order valence-corrected chi connectivity index (χ2v) is 5.15. The Balaban J connectivity index is 1.98. The molecule has 1 aliphatic heterocycles. The van der Waals surface area contributed by atoms with Crippen LogP contribution in [0.3, 0.4) is 0 Å². The average molecular weight is 263 g/mol. The molecule has 2 N–H and O–H groups in total. The minimum Gasteiger partial charge on any atom is -0.508 e. The van der Waals surface area contributed by atoms with E-state index in [2.05, 4.69) is 0 Å². The van der Waals surface area contributed by atoms with Crippen LogP contribution in [0.1, 0.15) is 44.1 Å². The third kappa shape index (κ3) is 3.19. The number of piperidine rings is 1. The first-order valence-corrected chi connectivity index (χ1v) is 6.91. The van der Waals surface area contributed by atoms with E-state index < -0.39 is 0 Å². The smallest absolute Gasteiger partial charge is 0.222 e. The Kier molecular flexibility index (Phi) is 4.30. The van der Waals surface area contributed by atoms with Crippen LogP contribution in [0.4, 0.5) is 0 Å². The van der Waals surface area contributed by atoms with E-state index >= 15 is 0 Å². The fourth-order valence-corrected chi connectivity index (χ4v) is 2.69. The van der Waals surface area contributed by atoms with Gasteiger partial charge >= 0.3 is 0 Å². The number of phenolic OH excluding ortho intramolecular Hbond substituents is 2. The van der Waals surface area contributed by atoms with Crippen molar-refractivity contribution in [2.75, 3.05) is 13.1 Å². The first-order valence-electron chi connectivity index (χ1n) is 6.91. The predicted octanol–water partition coefficient (Wildman–Crippen LogP) is 2.60. The molecular weight excluding hydrogens is 242 g/mol. The van der Waals surface area contributed by atoms with Gasteiger partial charge in [0.15, 0.2) is 0 Å². The maximum atomic E-state index is 11.8. The summed E-state index contributed by atoms with van der Waals surface area (Å²) in [6, 6.07) is 4.76. The Morgan fingerprint density at radius 1 is 1.32 bits per heavy atom. The number of carbonyl (C=O) groups is 1. The molecule has 4 heteroatoms. The highest BCUT2D eigenvalue weighted by molar-refractivity contribution is 5.76. The number of hydrogen-bond acceptors (Lipinski definition) is 3. The van der Waals surface area contributed by atoms with Crippen molar-refractivity contribution >= 4 is 5.91 Å². The number of nitrogens with zero attached hydrogens (tertiary/aromatic N) is 1. The summed E-state index contributed by atoms with van der Waals surface area (Å²) in [5, 5.41) is 19.2. The van der Waals surface area contributed by atoms with Crippen molar-refractivity contribution in [2.45, 2.75) is 38.5 Å². The van der Waals surface area contributed by atoms with Crippen molar-refractivity contribution in [3.8, 4) is 11.5 Å². The van der Waals surface area contributed by atoms with Crippen molar-refractivity contribution in [1.29, 1.82) is 0 Å². The van der Waals surface area contributed by atoms with Crippen LogP contribution in [0.5, 0.6) is 11.5 Å². The van der Waals surface area contributed by atoms with Crippen LogP contribution in [-0.2, 0) is 4.79 Å². The summed E-state index contributed by atoms with van der Waals surface area (Å²) in [5.74, 6) is 0.734. The number of aromatic hydroxyl groups is 2. The number of hydrogen-bond donors (Lipinski definition) is 2. The summed E-state index contributed by atoms with van der Waals surface area (Å²) in [5.41, 5.74) is 0.875. The minimum atomic E-state index is 0.0804. The minimum absolute atomic E-state index is 0.0804. The van der Waals surface area contributed by atoms with Gasteiger partial charge in [-0.15, -0.1) is 0 Å². The van der Waals surface area contributed by atoms with Gasteiger partial charge in [0, 0.05) is 25.6 Å². The van der Waals surface area contributed by atoms with Crippen LogP contribution in [-0.4, -0.2) is 34.1 Å². The fraction of sp³-hybridized carbons (Fsp3) is 0.533. The van der Waals surface area contributed by atoms with E-state index in [-0.39, 0.29) is 23.3 Å². The van der Waals surface area contributed by atoms with Crippen molar-refractivity contribution in [2.24, 2.45) is 0 Å². The Hall–Kier alpha value is -1.71. The van der Waals surface area contributed by atoms with Gasteiger partial charge in [-0.2, -0.15) is 0 Å². The third-order valence-corrected chi connectivity index (χ3v) is 3.77. The van der Waals surface area contributed by atoms with Gasteiger partial charge in [-0.3, -0.25) is 4.79 Å². The summed E-state index contributed by atoms with van der Waals surface area (Å²) >= 11 is 0. The average Bonchev–Trinajstić information content (AvgIpc) is 2.39. The van der Waals surface area contributed by atoms with Crippen LogP contribution < -0.4 is 0 Å². The van der Waals surface area contributed by atoms with Crippen LogP contribution in [0.25, 0.3) is 0 Å². The van der Waals surface area contributed by atoms with Crippen LogP contribution >= 0.6 is 0 Å². The van der Waals surface area contributed by atoms with Gasteiger partial charge in [0.25, 0.3) is 0 Å². The maximum Gasteiger partial charge on any atom is 0.222 e. The zero-order valence-corrected chi connectivity index (χ0v) is 11.3. The second kappa shape index (κ2) is 5.95. The molecule has 0 atom stereocenters. The van der Waals surface area contributed by atoms with E-state index in [1.807, 2.05) is 11.8 Å². The predicted molar refractivity (Wildman–Crippen MR) is 73.2 cm³/mol. The number of amides is 1. The Labute approximate surface area is 113 Å². The molecule has 0 bridgehead atoms. The molecule has 1 heterocycles. The zero-order chi connectivity index (χ0) is 13.8. The molecule has 0 spiro atoms. The van der Waals surface area contributed by atoms with Crippen molar-refractivity contribution in [1.82, 2.24) is 4.90 Å². The van der Waals surface area contributed by atoms with Crippen LogP contribution in [0, 0.1) is 0 Å². The summed E-state index contributed by atoms with van der Waals surface area (Å²) in [7, 11) is 0. The van der Waals surface area contributed by atoms with E-state index in [1.165, 1.54) is 6.07 Å². The van der Waals surface area contributed by atoms with E-state index in [4.69, 9.17) is 0 Å². The van der Waals surface area contributed by atoms with Crippen molar-refractivity contribution in [3.05, 3.63) is 23.8 Å². The fourth-order valence-electron chi connectivity index (χ4n) is 2.69. The van der Waals surface area contributed by atoms with Crippen LogP contribution in [0.2, 0.25) is 0 Å². The monoisotopic (exact) mass is 263 g/mol. The van der Waals surface area contributed by atoms with Gasteiger partial charge in [-0.25, -0.2) is 0 Å². The first-order chi connectivity index (χ1) is 9.11. The quantitative estimate of drug-likeness (QED) is 0.881. The molecule has 1 amide bonds. The summed E-state index contributed by atoms with van der Waals surface area (Å²) in [6.45, 7) is 3.52. The molecule has 1 aliphatic rings. The topological polar surface area (TPSA) is 60.8 Å². The molecule has 2 rings (SSSR count). The number of phenols is 2. The van der Waals surface area contributed by atoms with E-state index in [9.17, 15) is 15.0 Å². The second-order valence-electron chi connectivity index (χ2n) is 5.15. The molecule has 1 aromatic carbocycles. The van der Waals surface area contributed by atoms with E-state index in [0.717, 1.165) is 37.9 Å². The molecule has 0 radical (unpaired) electrons. The van der Waals surface area contributed by atoms with Crippen molar-refractivity contribution < 1.29 is 15.0 Å². The molecule has 1 saturated heterocycles. The van der Waals surface area contributed by atoms with Gasteiger partial charge < -0.3 is 15.1 Å². The normalized spacial score (nSPS) is 16.6. The lowest BCUT2D eigenvalue weighted by Crippen LogP contribution is -2.37. The summed E-state index contributed by atoms with van der Waals surface area (Å²) in [4.78, 5) is 13.7. The lowest BCUT2D eigenvalue weighted by molar-refractivity contribution is -0.132. The number of rotatable bonds is 3. The maximum absolute atomic E-state index is 11.8. The van der Waals surface area contributed by atoms with E-state index in [1.54, 1.807) is 12.1 Å². The van der Waals surface area contributed by atoms with Gasteiger partial charge in [0.2, 0.25) is 5.91 Å². The lowest BCUT2D eigenvalue weighted by Gasteiger charge is -2.32. The Morgan fingerprint density at radius 2 is 2.00 bits per heavy atom. The zero-order valence-electron chi connectivity index (χ0n) is 11.3. The molecule has 19 heavy (non-hydrogen) atoms. The summed E-state index contributed by atoms with van der Waals surface area (Å²) in [6.07, 6.45) is 3.24. The molecule has 104 valence electrons. The molecule has 0 aromatic heterocycles. The highest BCUT2D eigenvalue weighted by Crippen LogP contribution is 2.35.